The Hall–Kier alpha value is -1.81. The van der Waals surface area contributed by atoms with Gasteiger partial charge in [-0.1, -0.05) is 35.3 Å². The Balaban J connectivity index is 2.13. The first-order valence-corrected chi connectivity index (χ1v) is 7.88. The average molecular weight is 303 g/mol. The van der Waals surface area contributed by atoms with Crippen molar-refractivity contribution in [3.8, 4) is 11.8 Å². The number of carbonyl (C=O) groups is 1. The zero-order chi connectivity index (χ0) is 14.4. The van der Waals surface area contributed by atoms with Crippen LogP contribution in [-0.4, -0.2) is 23.7 Å². The molecule has 0 aliphatic heterocycles. The smallest absolute Gasteiger partial charge is 0.258 e. The number of nitrogens with zero attached hydrogens (tertiary/aromatic N) is 1. The number of hydrogen-bond acceptors (Lipinski definition) is 5. The van der Waals surface area contributed by atoms with Gasteiger partial charge in [0.15, 0.2) is 5.13 Å². The highest BCUT2D eigenvalue weighted by Crippen LogP contribution is 2.22. The lowest BCUT2D eigenvalue weighted by Crippen LogP contribution is -2.12. The highest BCUT2D eigenvalue weighted by Gasteiger charge is 2.12. The number of rotatable bonds is 3. The van der Waals surface area contributed by atoms with E-state index in [0.29, 0.717) is 17.2 Å². The van der Waals surface area contributed by atoms with Crippen molar-refractivity contribution in [2.75, 3.05) is 18.1 Å². The number of thiazole rings is 1. The SMILES string of the molecule is CSc1ccccc1C(=O)Nc1ncc(C#CCN)s1. The van der Waals surface area contributed by atoms with Crippen LogP contribution in [0.4, 0.5) is 5.13 Å². The Morgan fingerprint density at radius 3 is 3.05 bits per heavy atom. The van der Waals surface area contributed by atoms with Crippen LogP contribution in [0, 0.1) is 11.8 Å². The minimum absolute atomic E-state index is 0.164. The van der Waals surface area contributed by atoms with Gasteiger partial charge in [-0.15, -0.1) is 11.8 Å². The molecular formula is C14H13N3OS2. The average Bonchev–Trinajstić information content (AvgIpc) is 2.92. The van der Waals surface area contributed by atoms with E-state index in [1.54, 1.807) is 12.3 Å². The minimum Gasteiger partial charge on any atom is -0.320 e. The van der Waals surface area contributed by atoms with E-state index >= 15 is 0 Å². The molecule has 2 rings (SSSR count). The number of nitrogens with one attached hydrogen (secondary N) is 1. The van der Waals surface area contributed by atoms with E-state index in [4.69, 9.17) is 5.73 Å². The summed E-state index contributed by atoms with van der Waals surface area (Å²) in [5.41, 5.74) is 5.95. The zero-order valence-electron chi connectivity index (χ0n) is 10.8. The van der Waals surface area contributed by atoms with Crippen LogP contribution in [0.2, 0.25) is 0 Å². The first kappa shape index (κ1) is 14.6. The van der Waals surface area contributed by atoms with Crippen LogP contribution in [0.1, 0.15) is 15.2 Å². The van der Waals surface area contributed by atoms with Gasteiger partial charge >= 0.3 is 0 Å². The van der Waals surface area contributed by atoms with Crippen molar-refractivity contribution < 1.29 is 4.79 Å². The van der Waals surface area contributed by atoms with Crippen LogP contribution in [0.15, 0.2) is 35.4 Å². The van der Waals surface area contributed by atoms with Crippen molar-refractivity contribution in [1.82, 2.24) is 4.98 Å². The van der Waals surface area contributed by atoms with Gasteiger partial charge in [0.25, 0.3) is 5.91 Å². The van der Waals surface area contributed by atoms with Crippen LogP contribution in [0.25, 0.3) is 0 Å². The fraction of sp³-hybridized carbons (Fsp3) is 0.143. The fourth-order valence-corrected chi connectivity index (χ4v) is 2.81. The third kappa shape index (κ3) is 3.61. The van der Waals surface area contributed by atoms with Gasteiger partial charge in [-0.2, -0.15) is 0 Å². The molecule has 1 heterocycles. The molecule has 0 atom stereocenters. The van der Waals surface area contributed by atoms with Gasteiger partial charge in [-0.25, -0.2) is 4.98 Å². The predicted molar refractivity (Wildman–Crippen MR) is 84.2 cm³/mol. The largest absolute Gasteiger partial charge is 0.320 e. The number of carbonyl (C=O) groups excluding carboxylic acids is 1. The molecule has 0 radical (unpaired) electrons. The first-order valence-electron chi connectivity index (χ1n) is 5.83. The van der Waals surface area contributed by atoms with Gasteiger partial charge in [0.2, 0.25) is 0 Å². The summed E-state index contributed by atoms with van der Waals surface area (Å²) in [5, 5.41) is 3.32. The normalized spacial score (nSPS) is 9.70. The molecule has 1 aromatic carbocycles. The van der Waals surface area contributed by atoms with E-state index in [2.05, 4.69) is 22.1 Å². The van der Waals surface area contributed by atoms with Crippen molar-refractivity contribution in [3.05, 3.63) is 40.9 Å². The Morgan fingerprint density at radius 1 is 1.50 bits per heavy atom. The summed E-state index contributed by atoms with van der Waals surface area (Å²) in [5.74, 6) is 5.47. The molecule has 0 spiro atoms. The molecule has 0 saturated heterocycles. The third-order valence-electron chi connectivity index (χ3n) is 2.39. The summed E-state index contributed by atoms with van der Waals surface area (Å²) in [6, 6.07) is 7.46. The van der Waals surface area contributed by atoms with Crippen molar-refractivity contribution in [3.63, 3.8) is 0 Å². The van der Waals surface area contributed by atoms with Crippen molar-refractivity contribution in [1.29, 1.82) is 0 Å². The summed E-state index contributed by atoms with van der Waals surface area (Å²) < 4.78 is 0. The molecule has 0 unspecified atom stereocenters. The molecule has 0 fully saturated rings. The van der Waals surface area contributed by atoms with E-state index in [9.17, 15) is 4.79 Å². The lowest BCUT2D eigenvalue weighted by atomic mass is 10.2. The van der Waals surface area contributed by atoms with Crippen molar-refractivity contribution in [2.45, 2.75) is 4.90 Å². The zero-order valence-corrected chi connectivity index (χ0v) is 12.5. The summed E-state index contributed by atoms with van der Waals surface area (Å²) in [7, 11) is 0. The predicted octanol–water partition coefficient (Wildman–Crippen LogP) is 2.43. The number of nitrogens with two attached hydrogens (primary N) is 1. The summed E-state index contributed by atoms with van der Waals surface area (Å²) in [4.78, 5) is 18.0. The summed E-state index contributed by atoms with van der Waals surface area (Å²) in [6.07, 6.45) is 3.57. The molecule has 1 amide bonds. The molecule has 0 aliphatic carbocycles. The molecular weight excluding hydrogens is 290 g/mol. The maximum atomic E-state index is 12.2. The number of hydrogen-bond donors (Lipinski definition) is 2. The second kappa shape index (κ2) is 7.10. The van der Waals surface area contributed by atoms with Gasteiger partial charge < -0.3 is 5.73 Å². The Bertz CT molecular complexity index is 670. The molecule has 0 saturated carbocycles. The van der Waals surface area contributed by atoms with E-state index in [1.165, 1.54) is 23.1 Å². The number of benzene rings is 1. The fourth-order valence-electron chi connectivity index (χ4n) is 1.52. The van der Waals surface area contributed by atoms with Crippen LogP contribution < -0.4 is 11.1 Å². The van der Waals surface area contributed by atoms with Gasteiger partial charge in [-0.3, -0.25) is 10.1 Å². The Morgan fingerprint density at radius 2 is 2.30 bits per heavy atom. The van der Waals surface area contributed by atoms with E-state index in [0.717, 1.165) is 9.77 Å². The lowest BCUT2D eigenvalue weighted by Gasteiger charge is -2.05. The van der Waals surface area contributed by atoms with E-state index in [1.807, 2.05) is 24.5 Å². The molecule has 6 heteroatoms. The molecule has 20 heavy (non-hydrogen) atoms. The highest BCUT2D eigenvalue weighted by molar-refractivity contribution is 7.98. The molecule has 0 bridgehead atoms. The van der Waals surface area contributed by atoms with Crippen molar-refractivity contribution in [2.24, 2.45) is 5.73 Å². The minimum atomic E-state index is -0.164. The van der Waals surface area contributed by atoms with Gasteiger partial charge in [0.05, 0.1) is 23.2 Å². The van der Waals surface area contributed by atoms with Gasteiger partial charge in [-0.05, 0) is 18.4 Å². The van der Waals surface area contributed by atoms with Crippen LogP contribution >= 0.6 is 23.1 Å². The first-order chi connectivity index (χ1) is 9.74. The van der Waals surface area contributed by atoms with Crippen LogP contribution in [0.3, 0.4) is 0 Å². The number of amides is 1. The number of thioether (sulfide) groups is 1. The van der Waals surface area contributed by atoms with Gasteiger partial charge in [0.1, 0.15) is 0 Å². The Kier molecular flexibility index (Phi) is 5.18. The number of anilines is 1. The number of aromatic nitrogens is 1. The molecule has 0 aliphatic rings. The monoisotopic (exact) mass is 303 g/mol. The standard InChI is InChI=1S/C14H13N3OS2/c1-19-12-7-3-2-6-11(12)13(18)17-14-16-9-10(20-14)5-4-8-15/h2-3,6-7,9H,8,15H2,1H3,(H,16,17,18). The maximum Gasteiger partial charge on any atom is 0.258 e. The Labute approximate surface area is 125 Å². The molecule has 102 valence electrons. The van der Waals surface area contributed by atoms with E-state index in [-0.39, 0.29) is 5.91 Å². The highest BCUT2D eigenvalue weighted by atomic mass is 32.2. The molecule has 1 aromatic heterocycles. The maximum absolute atomic E-state index is 12.2. The van der Waals surface area contributed by atoms with Crippen molar-refractivity contribution >= 4 is 34.1 Å². The molecule has 3 N–H and O–H groups in total. The molecule has 2 aromatic rings. The third-order valence-corrected chi connectivity index (χ3v) is 4.02. The topological polar surface area (TPSA) is 68.0 Å². The van der Waals surface area contributed by atoms with Crippen LogP contribution in [0.5, 0.6) is 0 Å². The second-order valence-electron chi connectivity index (χ2n) is 3.69. The lowest BCUT2D eigenvalue weighted by molar-refractivity contribution is 0.102. The van der Waals surface area contributed by atoms with Crippen LogP contribution in [-0.2, 0) is 0 Å². The molecule has 4 nitrogen and oxygen atoms in total. The quantitative estimate of drug-likeness (QED) is 0.675. The van der Waals surface area contributed by atoms with Gasteiger partial charge in [0, 0.05) is 4.90 Å². The van der Waals surface area contributed by atoms with E-state index < -0.39 is 0 Å². The second-order valence-corrected chi connectivity index (χ2v) is 5.57. The summed E-state index contributed by atoms with van der Waals surface area (Å²) in [6.45, 7) is 0.306. The summed E-state index contributed by atoms with van der Waals surface area (Å²) >= 11 is 2.87.